The molecular formula is C17H16FN3O4. The van der Waals surface area contributed by atoms with E-state index in [2.05, 4.69) is 4.98 Å². The summed E-state index contributed by atoms with van der Waals surface area (Å²) in [5.41, 5.74) is 0.00407. The summed E-state index contributed by atoms with van der Waals surface area (Å²) in [4.78, 5) is 39.6. The summed E-state index contributed by atoms with van der Waals surface area (Å²) in [6, 6.07) is 7.74. The van der Waals surface area contributed by atoms with E-state index in [-0.39, 0.29) is 0 Å². The zero-order chi connectivity index (χ0) is 18.0. The Morgan fingerprint density at radius 3 is 2.88 bits per heavy atom. The third-order valence-corrected chi connectivity index (χ3v) is 3.92. The van der Waals surface area contributed by atoms with Crippen molar-refractivity contribution in [2.75, 3.05) is 0 Å². The van der Waals surface area contributed by atoms with E-state index >= 15 is 0 Å². The van der Waals surface area contributed by atoms with Crippen LogP contribution in [-0.4, -0.2) is 20.5 Å². The summed E-state index contributed by atoms with van der Waals surface area (Å²) in [6.45, 7) is 1.24. The van der Waals surface area contributed by atoms with Gasteiger partial charge in [-0.1, -0.05) is 25.1 Å². The van der Waals surface area contributed by atoms with Gasteiger partial charge in [0.15, 0.2) is 6.73 Å². The number of carbonyl (C=O) groups excluding carboxylic acids is 1. The lowest BCUT2D eigenvalue weighted by Crippen LogP contribution is -2.33. The molecule has 0 saturated heterocycles. The first-order chi connectivity index (χ1) is 12.0. The number of fused-ring (bicyclic) bond motifs is 1. The average Bonchev–Trinajstić information content (AvgIpc) is 2.99. The van der Waals surface area contributed by atoms with Gasteiger partial charge in [-0.05, 0) is 18.1 Å². The standard InChI is InChI=1S/C17H16FN3O4/c1-10(6-11-7-19-14-5-3-2-4-12(11)14)16(23)25-9-21-8-13(18)15(22)20-17(21)24/h2-5,7-8,10,19H,6,9H2,1H3,(H,20,22,24). The quantitative estimate of drug-likeness (QED) is 0.686. The Hall–Kier alpha value is -3.16. The summed E-state index contributed by atoms with van der Waals surface area (Å²) in [7, 11) is 0. The lowest BCUT2D eigenvalue weighted by atomic mass is 10.0. The van der Waals surface area contributed by atoms with Gasteiger partial charge in [0, 0.05) is 17.1 Å². The third kappa shape index (κ3) is 3.52. The van der Waals surface area contributed by atoms with E-state index < -0.39 is 35.7 Å². The maximum atomic E-state index is 13.2. The zero-order valence-corrected chi connectivity index (χ0v) is 13.4. The number of hydrogen-bond donors (Lipinski definition) is 2. The number of esters is 1. The molecule has 130 valence electrons. The van der Waals surface area contributed by atoms with Crippen LogP contribution >= 0.6 is 0 Å². The molecule has 1 aromatic carbocycles. The van der Waals surface area contributed by atoms with Crippen LogP contribution in [0, 0.1) is 11.7 Å². The number of rotatable bonds is 5. The van der Waals surface area contributed by atoms with Crippen molar-refractivity contribution in [2.45, 2.75) is 20.1 Å². The molecule has 7 nitrogen and oxygen atoms in total. The number of ether oxygens (including phenoxy) is 1. The average molecular weight is 345 g/mol. The maximum absolute atomic E-state index is 13.2. The Morgan fingerprint density at radius 2 is 2.08 bits per heavy atom. The molecule has 0 aliphatic carbocycles. The number of halogens is 1. The minimum Gasteiger partial charge on any atom is -0.444 e. The zero-order valence-electron chi connectivity index (χ0n) is 13.4. The second-order valence-corrected chi connectivity index (χ2v) is 5.76. The van der Waals surface area contributed by atoms with Crippen LogP contribution in [0.2, 0.25) is 0 Å². The molecule has 2 heterocycles. The van der Waals surface area contributed by atoms with Gasteiger partial charge in [-0.2, -0.15) is 4.39 Å². The SMILES string of the molecule is CC(Cc1c[nH]c2ccccc12)C(=O)OCn1cc(F)c(=O)[nH]c1=O. The Labute approximate surface area is 141 Å². The molecule has 1 atom stereocenters. The molecule has 0 aliphatic heterocycles. The van der Waals surface area contributed by atoms with Crippen molar-refractivity contribution < 1.29 is 13.9 Å². The van der Waals surface area contributed by atoms with Gasteiger partial charge in [0.25, 0.3) is 5.56 Å². The Bertz CT molecular complexity index is 1030. The van der Waals surface area contributed by atoms with Crippen molar-refractivity contribution in [3.63, 3.8) is 0 Å². The van der Waals surface area contributed by atoms with E-state index in [1.54, 1.807) is 11.9 Å². The number of benzene rings is 1. The summed E-state index contributed by atoms with van der Waals surface area (Å²) < 4.78 is 19.0. The van der Waals surface area contributed by atoms with Gasteiger partial charge in [0.05, 0.1) is 12.1 Å². The summed E-state index contributed by atoms with van der Waals surface area (Å²) >= 11 is 0. The third-order valence-electron chi connectivity index (χ3n) is 3.92. The fourth-order valence-corrected chi connectivity index (χ4v) is 2.57. The van der Waals surface area contributed by atoms with Crippen LogP contribution in [0.1, 0.15) is 12.5 Å². The first kappa shape index (κ1) is 16.7. The number of nitrogens with one attached hydrogen (secondary N) is 2. The lowest BCUT2D eigenvalue weighted by molar-refractivity contribution is -0.152. The Balaban J connectivity index is 1.66. The molecule has 0 aliphatic rings. The molecule has 2 N–H and O–H groups in total. The topological polar surface area (TPSA) is 96.9 Å². The van der Waals surface area contributed by atoms with Gasteiger partial charge in [-0.15, -0.1) is 0 Å². The first-order valence-electron chi connectivity index (χ1n) is 7.66. The highest BCUT2D eigenvalue weighted by molar-refractivity contribution is 5.83. The van der Waals surface area contributed by atoms with E-state index in [1.807, 2.05) is 30.5 Å². The van der Waals surface area contributed by atoms with Crippen molar-refractivity contribution in [1.82, 2.24) is 14.5 Å². The van der Waals surface area contributed by atoms with Crippen molar-refractivity contribution in [3.05, 3.63) is 68.9 Å². The van der Waals surface area contributed by atoms with Crippen LogP contribution < -0.4 is 11.2 Å². The molecule has 8 heteroatoms. The largest absolute Gasteiger partial charge is 0.444 e. The fourth-order valence-electron chi connectivity index (χ4n) is 2.57. The van der Waals surface area contributed by atoms with Crippen molar-refractivity contribution in [3.8, 4) is 0 Å². The van der Waals surface area contributed by atoms with Crippen LogP contribution in [0.4, 0.5) is 4.39 Å². The normalized spacial score (nSPS) is 12.2. The highest BCUT2D eigenvalue weighted by atomic mass is 19.1. The molecule has 0 fully saturated rings. The maximum Gasteiger partial charge on any atom is 0.331 e. The van der Waals surface area contributed by atoms with Crippen LogP contribution in [0.25, 0.3) is 10.9 Å². The molecule has 25 heavy (non-hydrogen) atoms. The molecule has 0 saturated carbocycles. The van der Waals surface area contributed by atoms with Gasteiger partial charge < -0.3 is 9.72 Å². The van der Waals surface area contributed by atoms with Crippen molar-refractivity contribution in [1.29, 1.82) is 0 Å². The fraction of sp³-hybridized carbons (Fsp3) is 0.235. The van der Waals surface area contributed by atoms with E-state index in [4.69, 9.17) is 4.74 Å². The predicted molar refractivity (Wildman–Crippen MR) is 88.5 cm³/mol. The summed E-state index contributed by atoms with van der Waals surface area (Å²) in [6.07, 6.45) is 3.01. The van der Waals surface area contributed by atoms with Gasteiger partial charge in [-0.25, -0.2) is 4.79 Å². The second-order valence-electron chi connectivity index (χ2n) is 5.76. The Morgan fingerprint density at radius 1 is 1.32 bits per heavy atom. The highest BCUT2D eigenvalue weighted by Gasteiger charge is 2.17. The Kier molecular flexibility index (Phi) is 4.51. The smallest absolute Gasteiger partial charge is 0.331 e. The van der Waals surface area contributed by atoms with Crippen molar-refractivity contribution >= 4 is 16.9 Å². The van der Waals surface area contributed by atoms with Gasteiger partial charge in [0.1, 0.15) is 0 Å². The van der Waals surface area contributed by atoms with Crippen LogP contribution in [0.15, 0.2) is 46.2 Å². The van der Waals surface area contributed by atoms with Crippen LogP contribution in [-0.2, 0) is 22.7 Å². The van der Waals surface area contributed by atoms with Crippen LogP contribution in [0.3, 0.4) is 0 Å². The molecule has 0 radical (unpaired) electrons. The van der Waals surface area contributed by atoms with Crippen molar-refractivity contribution in [2.24, 2.45) is 5.92 Å². The molecule has 1 unspecified atom stereocenters. The first-order valence-corrected chi connectivity index (χ1v) is 7.66. The van der Waals surface area contributed by atoms with E-state index in [0.29, 0.717) is 12.6 Å². The number of hydrogen-bond acceptors (Lipinski definition) is 4. The molecule has 0 amide bonds. The molecule has 0 spiro atoms. The van der Waals surface area contributed by atoms with E-state index in [1.165, 1.54) is 0 Å². The predicted octanol–water partition coefficient (Wildman–Crippen LogP) is 1.54. The number of carbonyl (C=O) groups is 1. The second kappa shape index (κ2) is 6.76. The monoisotopic (exact) mass is 345 g/mol. The molecular weight excluding hydrogens is 329 g/mol. The van der Waals surface area contributed by atoms with E-state index in [0.717, 1.165) is 21.0 Å². The minimum atomic E-state index is -1.12. The molecule has 3 aromatic rings. The van der Waals surface area contributed by atoms with Gasteiger partial charge in [-0.3, -0.25) is 19.1 Å². The number of aromatic amines is 2. The number of H-pyrrole nitrogens is 2. The summed E-state index contributed by atoms with van der Waals surface area (Å²) in [5, 5.41) is 1.03. The van der Waals surface area contributed by atoms with Gasteiger partial charge in [0.2, 0.25) is 5.82 Å². The number of aromatic nitrogens is 3. The number of para-hydroxylation sites is 1. The van der Waals surface area contributed by atoms with Crippen LogP contribution in [0.5, 0.6) is 0 Å². The van der Waals surface area contributed by atoms with E-state index in [9.17, 15) is 18.8 Å². The molecule has 2 aromatic heterocycles. The lowest BCUT2D eigenvalue weighted by Gasteiger charge is -2.12. The summed E-state index contributed by atoms with van der Waals surface area (Å²) in [5.74, 6) is -2.10. The number of nitrogens with zero attached hydrogens (tertiary/aromatic N) is 1. The molecule has 3 rings (SSSR count). The minimum absolute atomic E-state index is 0.456. The molecule has 0 bridgehead atoms. The highest BCUT2D eigenvalue weighted by Crippen LogP contribution is 2.21. The van der Waals surface area contributed by atoms with Gasteiger partial charge >= 0.3 is 11.7 Å².